The predicted octanol–water partition coefficient (Wildman–Crippen LogP) is 0.925. The summed E-state index contributed by atoms with van der Waals surface area (Å²) >= 11 is 0. The minimum Gasteiger partial charge on any atom is -0.312 e. The second kappa shape index (κ2) is 3.92. The smallest absolute Gasteiger partial charge is 0.157 e. The van der Waals surface area contributed by atoms with Crippen LogP contribution in [0.25, 0.3) is 5.82 Å². The van der Waals surface area contributed by atoms with E-state index in [1.165, 1.54) is 11.3 Å². The van der Waals surface area contributed by atoms with Gasteiger partial charge in [-0.1, -0.05) is 0 Å². The lowest BCUT2D eigenvalue weighted by Gasteiger charge is -2.14. The lowest BCUT2D eigenvalue weighted by atomic mass is 10.1. The maximum Gasteiger partial charge on any atom is 0.157 e. The molecule has 0 spiro atoms. The van der Waals surface area contributed by atoms with Gasteiger partial charge in [0.2, 0.25) is 0 Å². The van der Waals surface area contributed by atoms with Crippen LogP contribution < -0.4 is 5.32 Å². The van der Waals surface area contributed by atoms with Crippen LogP contribution in [0.2, 0.25) is 0 Å². The van der Waals surface area contributed by atoms with Crippen LogP contribution in [0, 0.1) is 13.8 Å². The van der Waals surface area contributed by atoms with Gasteiger partial charge in [0.15, 0.2) is 5.82 Å². The molecule has 0 radical (unpaired) electrons. The Hall–Kier alpha value is -1.75. The van der Waals surface area contributed by atoms with Gasteiger partial charge in [0.1, 0.15) is 5.82 Å². The number of hydrogen-bond donors (Lipinski definition) is 1. The van der Waals surface area contributed by atoms with E-state index < -0.39 is 0 Å². The summed E-state index contributed by atoms with van der Waals surface area (Å²) in [6, 6.07) is 1.97. The Morgan fingerprint density at radius 2 is 2.18 bits per heavy atom. The molecule has 17 heavy (non-hydrogen) atoms. The van der Waals surface area contributed by atoms with Gasteiger partial charge in [0.25, 0.3) is 0 Å². The molecule has 3 rings (SSSR count). The molecule has 88 valence electrons. The van der Waals surface area contributed by atoms with Crippen LogP contribution in [0.15, 0.2) is 12.3 Å². The topological polar surface area (TPSA) is 55.6 Å². The molecule has 0 aliphatic carbocycles. The number of hydrogen-bond acceptors (Lipinski definition) is 4. The van der Waals surface area contributed by atoms with Gasteiger partial charge in [-0.15, -0.1) is 0 Å². The SMILES string of the molecule is Cc1cc(-n2ncc3c2CCNC3)nc(C)n1. The van der Waals surface area contributed by atoms with Crippen LogP contribution >= 0.6 is 0 Å². The van der Waals surface area contributed by atoms with Crippen molar-refractivity contribution in [3.8, 4) is 5.82 Å². The van der Waals surface area contributed by atoms with Crippen molar-refractivity contribution in [1.29, 1.82) is 0 Å². The molecule has 1 N–H and O–H groups in total. The highest BCUT2D eigenvalue weighted by Gasteiger charge is 2.16. The second-order valence-electron chi connectivity index (χ2n) is 4.37. The van der Waals surface area contributed by atoms with Crippen LogP contribution in [0.3, 0.4) is 0 Å². The minimum absolute atomic E-state index is 0.790. The van der Waals surface area contributed by atoms with Crippen LogP contribution in [0.5, 0.6) is 0 Å². The highest BCUT2D eigenvalue weighted by atomic mass is 15.3. The first-order valence-corrected chi connectivity index (χ1v) is 5.83. The summed E-state index contributed by atoms with van der Waals surface area (Å²) in [4.78, 5) is 8.75. The minimum atomic E-state index is 0.790. The molecule has 0 bridgehead atoms. The van der Waals surface area contributed by atoms with Crippen LogP contribution in [0.1, 0.15) is 22.8 Å². The van der Waals surface area contributed by atoms with E-state index in [1.807, 2.05) is 30.8 Å². The highest BCUT2D eigenvalue weighted by Crippen LogP contribution is 2.17. The van der Waals surface area contributed by atoms with Gasteiger partial charge in [-0.3, -0.25) is 0 Å². The number of nitrogens with one attached hydrogen (secondary N) is 1. The summed E-state index contributed by atoms with van der Waals surface area (Å²) in [6.45, 7) is 5.80. The second-order valence-corrected chi connectivity index (χ2v) is 4.37. The Bertz CT molecular complexity index is 538. The molecule has 0 atom stereocenters. The van der Waals surface area contributed by atoms with E-state index in [2.05, 4.69) is 20.4 Å². The summed E-state index contributed by atoms with van der Waals surface area (Å²) in [6.07, 6.45) is 2.92. The molecule has 5 heteroatoms. The molecule has 3 heterocycles. The summed E-state index contributed by atoms with van der Waals surface area (Å²) in [7, 11) is 0. The average molecular weight is 229 g/mol. The van der Waals surface area contributed by atoms with E-state index in [9.17, 15) is 0 Å². The fraction of sp³-hybridized carbons (Fsp3) is 0.417. The quantitative estimate of drug-likeness (QED) is 0.790. The summed E-state index contributed by atoms with van der Waals surface area (Å²) < 4.78 is 1.94. The Kier molecular flexibility index (Phi) is 2.40. The average Bonchev–Trinajstić information content (AvgIpc) is 2.71. The fourth-order valence-corrected chi connectivity index (χ4v) is 2.25. The molecule has 0 saturated carbocycles. The third-order valence-electron chi connectivity index (χ3n) is 2.98. The molecule has 2 aromatic rings. The van der Waals surface area contributed by atoms with E-state index in [1.54, 1.807) is 0 Å². The molecule has 1 aliphatic heterocycles. The predicted molar refractivity (Wildman–Crippen MR) is 64.0 cm³/mol. The maximum absolute atomic E-state index is 4.45. The van der Waals surface area contributed by atoms with Crippen molar-refractivity contribution in [2.45, 2.75) is 26.8 Å². The third kappa shape index (κ3) is 1.82. The first-order chi connectivity index (χ1) is 8.24. The largest absolute Gasteiger partial charge is 0.312 e. The van der Waals surface area contributed by atoms with Crippen molar-refractivity contribution in [2.75, 3.05) is 6.54 Å². The maximum atomic E-state index is 4.45. The van der Waals surface area contributed by atoms with E-state index in [-0.39, 0.29) is 0 Å². The Labute approximate surface area is 99.9 Å². The summed E-state index contributed by atoms with van der Waals surface area (Å²) in [5.41, 5.74) is 3.51. The van der Waals surface area contributed by atoms with Crippen LogP contribution in [-0.2, 0) is 13.0 Å². The standard InChI is InChI=1S/C12H15N5/c1-8-5-12(16-9(2)15-8)17-11-3-4-13-6-10(11)7-14-17/h5,7,13H,3-4,6H2,1-2H3. The van der Waals surface area contributed by atoms with Crippen molar-refractivity contribution < 1.29 is 0 Å². The lowest BCUT2D eigenvalue weighted by Crippen LogP contribution is -2.24. The van der Waals surface area contributed by atoms with Gasteiger partial charge < -0.3 is 5.32 Å². The number of nitrogens with zero attached hydrogens (tertiary/aromatic N) is 4. The lowest BCUT2D eigenvalue weighted by molar-refractivity contribution is 0.619. The van der Waals surface area contributed by atoms with Gasteiger partial charge in [-0.25, -0.2) is 14.6 Å². The molecule has 5 nitrogen and oxygen atoms in total. The molecular weight excluding hydrogens is 214 g/mol. The van der Waals surface area contributed by atoms with Crippen LogP contribution in [0.4, 0.5) is 0 Å². The van der Waals surface area contributed by atoms with Crippen molar-refractivity contribution >= 4 is 0 Å². The molecule has 0 aromatic carbocycles. The number of aromatic nitrogens is 4. The van der Waals surface area contributed by atoms with E-state index >= 15 is 0 Å². The first-order valence-electron chi connectivity index (χ1n) is 5.83. The van der Waals surface area contributed by atoms with Gasteiger partial charge in [-0.2, -0.15) is 5.10 Å². The number of fused-ring (bicyclic) bond motifs is 1. The van der Waals surface area contributed by atoms with Gasteiger partial charge >= 0.3 is 0 Å². The van der Waals surface area contributed by atoms with Crippen LogP contribution in [-0.4, -0.2) is 26.3 Å². The van der Waals surface area contributed by atoms with Crippen molar-refractivity contribution in [1.82, 2.24) is 25.1 Å². The molecule has 0 fully saturated rings. The molecular formula is C12H15N5. The normalized spacial score (nSPS) is 14.7. The van der Waals surface area contributed by atoms with E-state index in [4.69, 9.17) is 0 Å². The number of aryl methyl sites for hydroxylation is 2. The molecule has 0 unspecified atom stereocenters. The van der Waals surface area contributed by atoms with E-state index in [0.717, 1.165) is 36.8 Å². The Morgan fingerprint density at radius 1 is 1.29 bits per heavy atom. The molecule has 1 aliphatic rings. The van der Waals surface area contributed by atoms with Gasteiger partial charge in [0, 0.05) is 36.8 Å². The first kappa shape index (κ1) is 10.4. The zero-order valence-corrected chi connectivity index (χ0v) is 10.1. The fourth-order valence-electron chi connectivity index (χ4n) is 2.25. The summed E-state index contributed by atoms with van der Waals surface area (Å²) in [5.74, 6) is 1.66. The highest BCUT2D eigenvalue weighted by molar-refractivity contribution is 5.31. The van der Waals surface area contributed by atoms with Gasteiger partial charge in [0.05, 0.1) is 11.9 Å². The molecule has 2 aromatic heterocycles. The number of rotatable bonds is 1. The zero-order chi connectivity index (χ0) is 11.8. The van der Waals surface area contributed by atoms with Crippen molar-refractivity contribution in [3.05, 3.63) is 35.0 Å². The Morgan fingerprint density at radius 3 is 3.00 bits per heavy atom. The van der Waals surface area contributed by atoms with Crippen molar-refractivity contribution in [3.63, 3.8) is 0 Å². The van der Waals surface area contributed by atoms with Crippen molar-refractivity contribution in [2.24, 2.45) is 0 Å². The Balaban J connectivity index is 2.11. The van der Waals surface area contributed by atoms with Gasteiger partial charge in [-0.05, 0) is 13.8 Å². The monoisotopic (exact) mass is 229 g/mol. The summed E-state index contributed by atoms with van der Waals surface area (Å²) in [5, 5.41) is 7.78. The van der Waals surface area contributed by atoms with E-state index in [0.29, 0.717) is 0 Å². The third-order valence-corrected chi connectivity index (χ3v) is 2.98. The zero-order valence-electron chi connectivity index (χ0n) is 10.1. The molecule has 0 saturated heterocycles. The molecule has 0 amide bonds.